The van der Waals surface area contributed by atoms with Gasteiger partial charge in [0.25, 0.3) is 5.91 Å². The molecule has 0 spiro atoms. The lowest BCUT2D eigenvalue weighted by molar-refractivity contribution is 0.100. The number of methoxy groups -OCH3 is 1. The fraction of sp³-hybridized carbons (Fsp3) is 0.417. The minimum atomic E-state index is -0.518. The van der Waals surface area contributed by atoms with E-state index in [1.807, 2.05) is 6.07 Å². The predicted octanol–water partition coefficient (Wildman–Crippen LogP) is 1.06. The first kappa shape index (κ1) is 13.3. The van der Waals surface area contributed by atoms with Crippen LogP contribution < -0.4 is 16.8 Å². The van der Waals surface area contributed by atoms with Gasteiger partial charge in [0.15, 0.2) is 0 Å². The number of hydrogen-bond acceptors (Lipinski definition) is 4. The maximum absolute atomic E-state index is 11.1. The molecule has 0 bridgehead atoms. The van der Waals surface area contributed by atoms with Gasteiger partial charge in [0, 0.05) is 13.7 Å². The Kier molecular flexibility index (Phi) is 4.78. The van der Waals surface area contributed by atoms with Crippen molar-refractivity contribution in [3.05, 3.63) is 23.8 Å². The Bertz CT molecular complexity index is 393. The molecular weight excluding hydrogens is 218 g/mol. The van der Waals surface area contributed by atoms with Crippen LogP contribution in [0.3, 0.4) is 0 Å². The zero-order valence-corrected chi connectivity index (χ0v) is 10.2. The molecule has 0 radical (unpaired) electrons. The molecule has 0 saturated heterocycles. The number of carbonyl (C=O) groups excluding carboxylic acids is 1. The summed E-state index contributed by atoms with van der Waals surface area (Å²) in [6.45, 7) is 3.45. The van der Waals surface area contributed by atoms with Crippen molar-refractivity contribution in [2.24, 2.45) is 11.7 Å². The molecule has 94 valence electrons. The lowest BCUT2D eigenvalue weighted by Crippen LogP contribution is -2.18. The summed E-state index contributed by atoms with van der Waals surface area (Å²) < 4.78 is 5.04. The quantitative estimate of drug-likeness (QED) is 0.645. The summed E-state index contributed by atoms with van der Waals surface area (Å²) in [6, 6.07) is 5.18. The number of rotatable bonds is 6. The highest BCUT2D eigenvalue weighted by Gasteiger charge is 2.09. The monoisotopic (exact) mass is 237 g/mol. The van der Waals surface area contributed by atoms with E-state index in [9.17, 15) is 4.79 Å². The van der Waals surface area contributed by atoms with Crippen molar-refractivity contribution in [3.8, 4) is 0 Å². The van der Waals surface area contributed by atoms with Crippen molar-refractivity contribution in [2.45, 2.75) is 6.92 Å². The van der Waals surface area contributed by atoms with Crippen LogP contribution >= 0.6 is 0 Å². The molecule has 0 aliphatic heterocycles. The maximum Gasteiger partial charge on any atom is 0.250 e. The molecular formula is C12H19N3O2. The molecule has 0 saturated carbocycles. The van der Waals surface area contributed by atoms with Crippen LogP contribution in [-0.2, 0) is 4.74 Å². The lowest BCUT2D eigenvalue weighted by Gasteiger charge is -2.15. The number of nitrogens with one attached hydrogen (secondary N) is 1. The van der Waals surface area contributed by atoms with Crippen molar-refractivity contribution in [2.75, 3.05) is 31.3 Å². The number of nitrogen functional groups attached to an aromatic ring is 1. The molecule has 0 heterocycles. The number of anilines is 2. The summed E-state index contributed by atoms with van der Waals surface area (Å²) in [5.74, 6) is -0.160. The van der Waals surface area contributed by atoms with E-state index in [1.165, 1.54) is 0 Å². The van der Waals surface area contributed by atoms with Gasteiger partial charge >= 0.3 is 0 Å². The first-order chi connectivity index (χ1) is 8.06. The van der Waals surface area contributed by atoms with Crippen molar-refractivity contribution in [1.82, 2.24) is 0 Å². The molecule has 0 aliphatic carbocycles. The van der Waals surface area contributed by atoms with Gasteiger partial charge in [0.2, 0.25) is 0 Å². The third-order valence-electron chi connectivity index (χ3n) is 2.46. The molecule has 1 amide bonds. The Balaban J connectivity index is 2.72. The number of ether oxygens (including phenoxy) is 1. The normalized spacial score (nSPS) is 12.1. The van der Waals surface area contributed by atoms with E-state index in [2.05, 4.69) is 12.2 Å². The fourth-order valence-electron chi connectivity index (χ4n) is 1.56. The zero-order chi connectivity index (χ0) is 12.8. The third-order valence-corrected chi connectivity index (χ3v) is 2.46. The van der Waals surface area contributed by atoms with Gasteiger partial charge in [-0.05, 0) is 18.1 Å². The van der Waals surface area contributed by atoms with Gasteiger partial charge in [-0.1, -0.05) is 13.0 Å². The molecule has 1 rings (SSSR count). The number of benzene rings is 1. The molecule has 1 atom stereocenters. The number of hydrogen-bond donors (Lipinski definition) is 3. The highest BCUT2D eigenvalue weighted by molar-refractivity contribution is 6.00. The standard InChI is InChI=1S/C12H19N3O2/c1-8(7-17-2)6-15-10-5-3-4-9(11(10)13)12(14)16/h3-5,8,15H,6-7,13H2,1-2H3,(H2,14,16). The van der Waals surface area contributed by atoms with E-state index in [4.69, 9.17) is 16.2 Å². The van der Waals surface area contributed by atoms with Gasteiger partial charge in [-0.25, -0.2) is 0 Å². The summed E-state index contributed by atoms with van der Waals surface area (Å²) in [5, 5.41) is 3.18. The zero-order valence-electron chi connectivity index (χ0n) is 10.2. The number of amides is 1. The molecule has 5 nitrogen and oxygen atoms in total. The Morgan fingerprint density at radius 1 is 1.53 bits per heavy atom. The van der Waals surface area contributed by atoms with Crippen LogP contribution in [0.15, 0.2) is 18.2 Å². The number of nitrogens with two attached hydrogens (primary N) is 2. The SMILES string of the molecule is COCC(C)CNc1cccc(C(N)=O)c1N. The van der Waals surface area contributed by atoms with Crippen LogP contribution in [0.5, 0.6) is 0 Å². The van der Waals surface area contributed by atoms with Gasteiger partial charge in [-0.2, -0.15) is 0 Å². The van der Waals surface area contributed by atoms with Crippen LogP contribution in [0.4, 0.5) is 11.4 Å². The molecule has 5 N–H and O–H groups in total. The van der Waals surface area contributed by atoms with Gasteiger partial charge < -0.3 is 21.5 Å². The van der Waals surface area contributed by atoms with Crippen LogP contribution in [-0.4, -0.2) is 26.2 Å². The molecule has 0 fully saturated rings. The Morgan fingerprint density at radius 2 is 2.24 bits per heavy atom. The molecule has 0 aromatic heterocycles. The Hall–Kier alpha value is -1.75. The molecule has 17 heavy (non-hydrogen) atoms. The molecule has 1 aromatic rings. The van der Waals surface area contributed by atoms with Crippen LogP contribution in [0.1, 0.15) is 17.3 Å². The second kappa shape index (κ2) is 6.10. The number of carbonyl (C=O) groups is 1. The molecule has 1 unspecified atom stereocenters. The highest BCUT2D eigenvalue weighted by atomic mass is 16.5. The average molecular weight is 237 g/mol. The molecule has 0 aliphatic rings. The van der Waals surface area contributed by atoms with Gasteiger partial charge in [0.1, 0.15) is 0 Å². The van der Waals surface area contributed by atoms with Crippen molar-refractivity contribution in [3.63, 3.8) is 0 Å². The van der Waals surface area contributed by atoms with Crippen LogP contribution in [0.2, 0.25) is 0 Å². The lowest BCUT2D eigenvalue weighted by atomic mass is 10.1. The van der Waals surface area contributed by atoms with E-state index in [1.54, 1.807) is 19.2 Å². The fourth-order valence-corrected chi connectivity index (χ4v) is 1.56. The summed E-state index contributed by atoms with van der Waals surface area (Å²) in [5.41, 5.74) is 12.5. The largest absolute Gasteiger partial charge is 0.396 e. The number of para-hydroxylation sites is 1. The Morgan fingerprint density at radius 3 is 2.82 bits per heavy atom. The van der Waals surface area contributed by atoms with E-state index in [-0.39, 0.29) is 0 Å². The minimum absolute atomic E-state index is 0.342. The van der Waals surface area contributed by atoms with Crippen molar-refractivity contribution < 1.29 is 9.53 Å². The van der Waals surface area contributed by atoms with E-state index >= 15 is 0 Å². The maximum atomic E-state index is 11.1. The highest BCUT2D eigenvalue weighted by Crippen LogP contribution is 2.22. The van der Waals surface area contributed by atoms with Crippen molar-refractivity contribution in [1.29, 1.82) is 0 Å². The topological polar surface area (TPSA) is 90.4 Å². The van der Waals surface area contributed by atoms with Gasteiger partial charge in [-0.15, -0.1) is 0 Å². The van der Waals surface area contributed by atoms with E-state index in [0.717, 1.165) is 12.2 Å². The summed E-state index contributed by atoms with van der Waals surface area (Å²) in [4.78, 5) is 11.1. The average Bonchev–Trinajstić information content (AvgIpc) is 2.27. The van der Waals surface area contributed by atoms with E-state index in [0.29, 0.717) is 23.8 Å². The first-order valence-electron chi connectivity index (χ1n) is 5.47. The third kappa shape index (κ3) is 3.64. The van der Waals surface area contributed by atoms with Crippen LogP contribution in [0.25, 0.3) is 0 Å². The van der Waals surface area contributed by atoms with Crippen LogP contribution in [0, 0.1) is 5.92 Å². The first-order valence-corrected chi connectivity index (χ1v) is 5.47. The predicted molar refractivity (Wildman–Crippen MR) is 68.9 cm³/mol. The second-order valence-corrected chi connectivity index (χ2v) is 4.07. The summed E-state index contributed by atoms with van der Waals surface area (Å²) >= 11 is 0. The summed E-state index contributed by atoms with van der Waals surface area (Å²) in [6.07, 6.45) is 0. The smallest absolute Gasteiger partial charge is 0.250 e. The summed E-state index contributed by atoms with van der Waals surface area (Å²) in [7, 11) is 1.67. The van der Waals surface area contributed by atoms with Crippen molar-refractivity contribution >= 4 is 17.3 Å². The molecule has 5 heteroatoms. The van der Waals surface area contributed by atoms with E-state index < -0.39 is 5.91 Å². The Labute approximate surface area is 101 Å². The second-order valence-electron chi connectivity index (χ2n) is 4.07. The number of primary amides is 1. The molecule has 1 aromatic carbocycles. The van der Waals surface area contributed by atoms with Gasteiger partial charge in [0.05, 0.1) is 23.5 Å². The van der Waals surface area contributed by atoms with Gasteiger partial charge in [-0.3, -0.25) is 4.79 Å². The minimum Gasteiger partial charge on any atom is -0.396 e.